The maximum Gasteiger partial charge on any atom is 0.124 e. The van der Waals surface area contributed by atoms with Crippen molar-refractivity contribution in [1.29, 1.82) is 0 Å². The van der Waals surface area contributed by atoms with Gasteiger partial charge in [0.25, 0.3) is 0 Å². The smallest absolute Gasteiger partial charge is 0.124 e. The van der Waals surface area contributed by atoms with Crippen LogP contribution in [0.5, 0.6) is 0 Å². The largest absolute Gasteiger partial charge is 0.296 e. The van der Waals surface area contributed by atoms with Gasteiger partial charge in [0.05, 0.1) is 0 Å². The summed E-state index contributed by atoms with van der Waals surface area (Å²) in [6, 6.07) is 11.5. The topological polar surface area (TPSA) is 3.24 Å². The molecule has 0 aromatic heterocycles. The minimum Gasteiger partial charge on any atom is -0.296 e. The van der Waals surface area contributed by atoms with Crippen LogP contribution >= 0.6 is 0 Å². The van der Waals surface area contributed by atoms with Gasteiger partial charge in [0.1, 0.15) is 5.82 Å². The summed E-state index contributed by atoms with van der Waals surface area (Å²) in [5.74, 6) is 6.93. The van der Waals surface area contributed by atoms with E-state index in [0.717, 1.165) is 23.5 Å². The molecule has 0 N–H and O–H groups in total. The quantitative estimate of drug-likeness (QED) is 0.701. The van der Waals surface area contributed by atoms with E-state index in [4.69, 9.17) is 0 Å². The van der Waals surface area contributed by atoms with Crippen LogP contribution < -0.4 is 0 Å². The van der Waals surface area contributed by atoms with E-state index in [1.807, 2.05) is 6.07 Å². The SMILES string of the molecule is Cc1c(C#Cc2cccc(F)c2)ccc2c1CCC2N1CC(C)C1. The lowest BCUT2D eigenvalue weighted by Crippen LogP contribution is -2.46. The van der Waals surface area contributed by atoms with Gasteiger partial charge in [-0.2, -0.15) is 0 Å². The van der Waals surface area contributed by atoms with Crippen LogP contribution in [-0.4, -0.2) is 18.0 Å². The number of rotatable bonds is 1. The van der Waals surface area contributed by atoms with Crippen LogP contribution in [0.1, 0.15) is 47.2 Å². The molecule has 2 heteroatoms. The molecule has 1 aliphatic heterocycles. The van der Waals surface area contributed by atoms with E-state index in [9.17, 15) is 4.39 Å². The van der Waals surface area contributed by atoms with Crippen molar-refractivity contribution in [3.05, 3.63) is 70.0 Å². The van der Waals surface area contributed by atoms with E-state index in [1.54, 1.807) is 6.07 Å². The zero-order chi connectivity index (χ0) is 16.7. The summed E-state index contributed by atoms with van der Waals surface area (Å²) in [5.41, 5.74) is 6.06. The summed E-state index contributed by atoms with van der Waals surface area (Å²) < 4.78 is 13.3. The second-order valence-electron chi connectivity index (χ2n) is 7.18. The Kier molecular flexibility index (Phi) is 3.90. The van der Waals surface area contributed by atoms with Crippen molar-refractivity contribution in [1.82, 2.24) is 4.90 Å². The molecule has 1 fully saturated rings. The fraction of sp³-hybridized carbons (Fsp3) is 0.364. The molecule has 1 unspecified atom stereocenters. The molecule has 1 atom stereocenters. The van der Waals surface area contributed by atoms with Crippen LogP contribution in [0.15, 0.2) is 36.4 Å². The third-order valence-electron chi connectivity index (χ3n) is 5.36. The Morgan fingerprint density at radius 3 is 2.71 bits per heavy atom. The highest BCUT2D eigenvalue weighted by molar-refractivity contribution is 5.53. The van der Waals surface area contributed by atoms with Gasteiger partial charge in [-0.3, -0.25) is 4.90 Å². The van der Waals surface area contributed by atoms with Gasteiger partial charge in [-0.1, -0.05) is 30.9 Å². The molecule has 122 valence electrons. The van der Waals surface area contributed by atoms with Crippen molar-refractivity contribution in [2.45, 2.75) is 32.7 Å². The summed E-state index contributed by atoms with van der Waals surface area (Å²) in [6.45, 7) is 6.95. The van der Waals surface area contributed by atoms with Gasteiger partial charge in [0, 0.05) is 30.3 Å². The van der Waals surface area contributed by atoms with Crippen molar-refractivity contribution in [3.63, 3.8) is 0 Å². The number of hydrogen-bond donors (Lipinski definition) is 0. The summed E-state index contributed by atoms with van der Waals surface area (Å²) >= 11 is 0. The van der Waals surface area contributed by atoms with Crippen molar-refractivity contribution in [2.75, 3.05) is 13.1 Å². The van der Waals surface area contributed by atoms with Crippen molar-refractivity contribution >= 4 is 0 Å². The number of likely N-dealkylation sites (tertiary alicyclic amines) is 1. The van der Waals surface area contributed by atoms with Gasteiger partial charge in [-0.15, -0.1) is 0 Å². The van der Waals surface area contributed by atoms with Crippen LogP contribution in [0.4, 0.5) is 4.39 Å². The average molecular weight is 319 g/mol. The molecular weight excluding hydrogens is 297 g/mol. The Labute approximate surface area is 143 Å². The standard InChI is InChI=1S/C22H22FN/c1-15-13-24(14-15)22-11-10-20-16(2)18(8-9-21(20)22)7-6-17-4-3-5-19(23)12-17/h3-5,8-9,12,15,22H,10-11,13-14H2,1-2H3. The first-order valence-electron chi connectivity index (χ1n) is 8.76. The molecule has 1 nitrogen and oxygen atoms in total. The normalized spacial score (nSPS) is 20.2. The molecule has 0 bridgehead atoms. The number of fused-ring (bicyclic) bond motifs is 1. The average Bonchev–Trinajstić information content (AvgIpc) is 2.96. The first-order valence-corrected chi connectivity index (χ1v) is 8.76. The maximum atomic E-state index is 13.3. The third kappa shape index (κ3) is 2.74. The number of halogens is 1. The molecular formula is C22H22FN. The van der Waals surface area contributed by atoms with Crippen LogP contribution in [-0.2, 0) is 6.42 Å². The van der Waals surface area contributed by atoms with Gasteiger partial charge in [0.2, 0.25) is 0 Å². The molecule has 2 aromatic rings. The van der Waals surface area contributed by atoms with Gasteiger partial charge >= 0.3 is 0 Å². The minimum atomic E-state index is -0.237. The lowest BCUT2D eigenvalue weighted by Gasteiger charge is -2.42. The predicted molar refractivity (Wildman–Crippen MR) is 95.4 cm³/mol. The summed E-state index contributed by atoms with van der Waals surface area (Å²) in [7, 11) is 0. The summed E-state index contributed by atoms with van der Waals surface area (Å²) in [4.78, 5) is 2.61. The highest BCUT2D eigenvalue weighted by Crippen LogP contribution is 2.41. The number of nitrogens with zero attached hydrogens (tertiary/aromatic N) is 1. The third-order valence-corrected chi connectivity index (χ3v) is 5.36. The van der Waals surface area contributed by atoms with Gasteiger partial charge < -0.3 is 0 Å². The first-order chi connectivity index (χ1) is 11.6. The Balaban J connectivity index is 1.61. The maximum absolute atomic E-state index is 13.3. The molecule has 24 heavy (non-hydrogen) atoms. The molecule has 4 rings (SSSR count). The molecule has 1 aliphatic carbocycles. The lowest BCUT2D eigenvalue weighted by molar-refractivity contribution is 0.0624. The molecule has 2 aliphatic rings. The second kappa shape index (κ2) is 6.07. The molecule has 0 spiro atoms. The van der Waals surface area contributed by atoms with Crippen molar-refractivity contribution in [3.8, 4) is 11.8 Å². The van der Waals surface area contributed by atoms with E-state index in [0.29, 0.717) is 6.04 Å². The minimum absolute atomic E-state index is 0.237. The van der Waals surface area contributed by atoms with E-state index in [-0.39, 0.29) is 5.82 Å². The fourth-order valence-corrected chi connectivity index (χ4v) is 4.08. The Morgan fingerprint density at radius 2 is 1.96 bits per heavy atom. The van der Waals surface area contributed by atoms with E-state index >= 15 is 0 Å². The molecule has 1 saturated heterocycles. The van der Waals surface area contributed by atoms with Crippen LogP contribution in [0, 0.1) is 30.5 Å². The summed E-state index contributed by atoms with van der Waals surface area (Å²) in [5, 5.41) is 0. The molecule has 0 radical (unpaired) electrons. The van der Waals surface area contributed by atoms with Gasteiger partial charge in [0.15, 0.2) is 0 Å². The van der Waals surface area contributed by atoms with Crippen molar-refractivity contribution < 1.29 is 4.39 Å². The van der Waals surface area contributed by atoms with Crippen molar-refractivity contribution in [2.24, 2.45) is 5.92 Å². The monoisotopic (exact) mass is 319 g/mol. The molecule has 1 heterocycles. The second-order valence-corrected chi connectivity index (χ2v) is 7.18. The summed E-state index contributed by atoms with van der Waals surface area (Å²) in [6.07, 6.45) is 2.37. The fourth-order valence-electron chi connectivity index (χ4n) is 4.08. The van der Waals surface area contributed by atoms with Crippen LogP contribution in [0.2, 0.25) is 0 Å². The van der Waals surface area contributed by atoms with Crippen LogP contribution in [0.25, 0.3) is 0 Å². The van der Waals surface area contributed by atoms with E-state index in [1.165, 1.54) is 48.3 Å². The Morgan fingerprint density at radius 1 is 1.12 bits per heavy atom. The zero-order valence-electron chi connectivity index (χ0n) is 14.3. The molecule has 0 saturated carbocycles. The van der Waals surface area contributed by atoms with E-state index in [2.05, 4.69) is 42.7 Å². The molecule has 0 amide bonds. The van der Waals surface area contributed by atoms with E-state index < -0.39 is 0 Å². The highest BCUT2D eigenvalue weighted by atomic mass is 19.1. The van der Waals surface area contributed by atoms with Gasteiger partial charge in [-0.25, -0.2) is 4.39 Å². The lowest BCUT2D eigenvalue weighted by atomic mass is 9.94. The highest BCUT2D eigenvalue weighted by Gasteiger charge is 2.34. The first kappa shape index (κ1) is 15.4. The van der Waals surface area contributed by atoms with Crippen LogP contribution in [0.3, 0.4) is 0 Å². The number of hydrogen-bond acceptors (Lipinski definition) is 1. The number of benzene rings is 2. The Hall–Kier alpha value is -2.11. The Bertz CT molecular complexity index is 837. The molecule has 2 aromatic carbocycles. The predicted octanol–water partition coefficient (Wildman–Crippen LogP) is 4.47. The zero-order valence-corrected chi connectivity index (χ0v) is 14.3. The van der Waals surface area contributed by atoms with Gasteiger partial charge in [-0.05, 0) is 66.6 Å².